The molecule has 1 heterocycles. The highest BCUT2D eigenvalue weighted by Crippen LogP contribution is 2.41. The van der Waals surface area contributed by atoms with Crippen molar-refractivity contribution in [1.82, 2.24) is 0 Å². The summed E-state index contributed by atoms with van der Waals surface area (Å²) in [5.41, 5.74) is 5.84. The topological polar surface area (TPSA) is 46.2 Å². The van der Waals surface area contributed by atoms with Crippen LogP contribution in [0.1, 0.15) is 43.2 Å². The van der Waals surface area contributed by atoms with E-state index in [1.165, 1.54) is 12.0 Å². The zero-order valence-electron chi connectivity index (χ0n) is 13.5. The first-order chi connectivity index (χ1) is 11.7. The van der Waals surface area contributed by atoms with Crippen LogP contribution in [-0.2, 0) is 16.0 Å². The van der Waals surface area contributed by atoms with Gasteiger partial charge in [-0.2, -0.15) is 0 Å². The Hall–Kier alpha value is -1.87. The van der Waals surface area contributed by atoms with Gasteiger partial charge in [-0.15, -0.1) is 11.6 Å². The number of rotatable bonds is 3. The Balaban J connectivity index is 1.66. The van der Waals surface area contributed by atoms with Gasteiger partial charge in [0.15, 0.2) is 5.78 Å². The van der Waals surface area contributed by atoms with Crippen LogP contribution in [0.15, 0.2) is 35.4 Å². The molecule has 0 saturated carbocycles. The molecule has 1 atom stereocenters. The summed E-state index contributed by atoms with van der Waals surface area (Å²) in [5.74, 6) is 0.509. The number of hydrogen-bond acceptors (Lipinski definition) is 2. The molecule has 1 aromatic carbocycles. The molecule has 3 nitrogen and oxygen atoms in total. The fourth-order valence-electron chi connectivity index (χ4n) is 4.07. The Kier molecular flexibility index (Phi) is 4.05. The molecule has 0 radical (unpaired) electrons. The highest BCUT2D eigenvalue weighted by molar-refractivity contribution is 6.32. The molecule has 1 aliphatic heterocycles. The van der Waals surface area contributed by atoms with E-state index in [0.29, 0.717) is 11.5 Å². The van der Waals surface area contributed by atoms with Crippen molar-refractivity contribution >= 4 is 34.6 Å². The van der Waals surface area contributed by atoms with Crippen LogP contribution in [0.5, 0.6) is 0 Å². The number of carbonyl (C=O) groups is 2. The largest absolute Gasteiger partial charge is 0.321 e. The molecular weight excluding hydrogens is 322 g/mol. The third-order valence-corrected chi connectivity index (χ3v) is 5.49. The number of allylic oxidation sites excluding steroid dienone is 3. The number of carbonyl (C=O) groups excluding carboxylic acids is 2. The number of nitrogens with one attached hydrogen (secondary N) is 1. The highest BCUT2D eigenvalue weighted by Gasteiger charge is 2.34. The second-order valence-electron chi connectivity index (χ2n) is 6.82. The average Bonchev–Trinajstić information content (AvgIpc) is 3.06. The zero-order chi connectivity index (χ0) is 16.7. The van der Waals surface area contributed by atoms with E-state index in [-0.39, 0.29) is 17.6 Å². The number of halogens is 1. The van der Waals surface area contributed by atoms with Crippen LogP contribution in [0.4, 0.5) is 5.69 Å². The number of alkyl halides is 1. The fourth-order valence-corrected chi connectivity index (χ4v) is 4.29. The summed E-state index contributed by atoms with van der Waals surface area (Å²) in [6, 6.07) is 5.94. The second-order valence-corrected chi connectivity index (χ2v) is 7.20. The van der Waals surface area contributed by atoms with E-state index < -0.39 is 0 Å². The lowest BCUT2D eigenvalue weighted by molar-refractivity contribution is -0.117. The van der Waals surface area contributed by atoms with Crippen LogP contribution in [0.3, 0.4) is 0 Å². The summed E-state index contributed by atoms with van der Waals surface area (Å²) in [6.07, 6.45) is 7.71. The van der Waals surface area contributed by atoms with Crippen LogP contribution in [0.2, 0.25) is 0 Å². The first kappa shape index (κ1) is 15.6. The number of benzene rings is 1. The van der Waals surface area contributed by atoms with Crippen molar-refractivity contribution in [3.8, 4) is 0 Å². The summed E-state index contributed by atoms with van der Waals surface area (Å²) >= 11 is 5.83. The minimum Gasteiger partial charge on any atom is -0.321 e. The Bertz CT molecular complexity index is 791. The van der Waals surface area contributed by atoms with Crippen LogP contribution in [0, 0.1) is 5.92 Å². The van der Waals surface area contributed by atoms with Gasteiger partial charge in [0.25, 0.3) is 5.91 Å². The average molecular weight is 342 g/mol. The van der Waals surface area contributed by atoms with Crippen molar-refractivity contribution < 1.29 is 9.59 Å². The maximum Gasteiger partial charge on any atom is 0.256 e. The third kappa shape index (κ3) is 2.61. The smallest absolute Gasteiger partial charge is 0.256 e. The van der Waals surface area contributed by atoms with Gasteiger partial charge in [-0.05, 0) is 61.8 Å². The molecule has 0 fully saturated rings. The molecule has 1 unspecified atom stereocenters. The summed E-state index contributed by atoms with van der Waals surface area (Å²) < 4.78 is 0. The van der Waals surface area contributed by atoms with Crippen molar-refractivity contribution in [2.45, 2.75) is 38.5 Å². The molecule has 124 valence electrons. The minimum absolute atomic E-state index is 0.106. The van der Waals surface area contributed by atoms with Crippen LogP contribution in [-0.4, -0.2) is 17.6 Å². The van der Waals surface area contributed by atoms with Gasteiger partial charge in [-0.25, -0.2) is 0 Å². The lowest BCUT2D eigenvalue weighted by Crippen LogP contribution is -2.11. The first-order valence-electron chi connectivity index (χ1n) is 8.65. The van der Waals surface area contributed by atoms with Gasteiger partial charge < -0.3 is 5.32 Å². The summed E-state index contributed by atoms with van der Waals surface area (Å²) in [4.78, 5) is 25.0. The van der Waals surface area contributed by atoms with E-state index in [1.807, 2.05) is 24.3 Å². The number of anilines is 1. The van der Waals surface area contributed by atoms with Gasteiger partial charge in [0, 0.05) is 28.6 Å². The van der Waals surface area contributed by atoms with Gasteiger partial charge in [0.05, 0.1) is 0 Å². The van der Waals surface area contributed by atoms with Gasteiger partial charge >= 0.3 is 0 Å². The highest BCUT2D eigenvalue weighted by atomic mass is 35.5. The van der Waals surface area contributed by atoms with E-state index in [9.17, 15) is 9.59 Å². The van der Waals surface area contributed by atoms with Crippen molar-refractivity contribution in [3.05, 3.63) is 46.5 Å². The van der Waals surface area contributed by atoms with Crippen molar-refractivity contribution in [2.24, 2.45) is 5.92 Å². The molecular formula is C20H20ClNO2. The molecule has 0 aromatic heterocycles. The normalized spacial score (nSPS) is 24.4. The van der Waals surface area contributed by atoms with Gasteiger partial charge in [-0.3, -0.25) is 9.59 Å². The van der Waals surface area contributed by atoms with E-state index in [2.05, 4.69) is 5.32 Å². The molecule has 4 heteroatoms. The number of Topliss-reactive ketones (excluding diaryl/α,β-unsaturated/α-hetero) is 1. The van der Waals surface area contributed by atoms with Crippen molar-refractivity contribution in [2.75, 3.05) is 11.2 Å². The third-order valence-electron chi connectivity index (χ3n) is 5.30. The Labute approximate surface area is 146 Å². The maximum atomic E-state index is 12.7. The lowest BCUT2D eigenvalue weighted by Gasteiger charge is -2.11. The Morgan fingerprint density at radius 1 is 1.21 bits per heavy atom. The number of fused-ring (bicyclic) bond motifs is 1. The minimum atomic E-state index is -0.170. The van der Waals surface area contributed by atoms with E-state index in [0.717, 1.165) is 54.5 Å². The fraction of sp³-hybridized carbons (Fsp3) is 0.400. The summed E-state index contributed by atoms with van der Waals surface area (Å²) in [7, 11) is 0. The number of aryl methyl sites for hydroxylation is 1. The van der Waals surface area contributed by atoms with Crippen molar-refractivity contribution in [3.63, 3.8) is 0 Å². The molecule has 0 bridgehead atoms. The number of amides is 1. The van der Waals surface area contributed by atoms with Gasteiger partial charge in [0.1, 0.15) is 0 Å². The molecule has 24 heavy (non-hydrogen) atoms. The standard InChI is InChI=1S/C20H20ClNO2/c21-8-7-12-5-6-18-16(9-12)17(20(24)22-18)11-14-10-13-3-1-2-4-15(13)19(14)23/h5-6,9,11,14H,1-4,7-8,10H2,(H,22,24). The monoisotopic (exact) mass is 341 g/mol. The molecule has 0 saturated heterocycles. The molecule has 4 rings (SSSR count). The van der Waals surface area contributed by atoms with E-state index in [4.69, 9.17) is 11.6 Å². The molecule has 3 aliphatic rings. The second kappa shape index (κ2) is 6.21. The number of ketones is 1. The SMILES string of the molecule is O=C1Nc2ccc(CCCl)cc2C1=CC1CC2=C(CCCC2)C1=O. The van der Waals surface area contributed by atoms with Crippen LogP contribution >= 0.6 is 11.6 Å². The van der Waals surface area contributed by atoms with Crippen molar-refractivity contribution in [1.29, 1.82) is 0 Å². The summed E-state index contributed by atoms with van der Waals surface area (Å²) in [6.45, 7) is 0. The quantitative estimate of drug-likeness (QED) is 0.659. The van der Waals surface area contributed by atoms with Crippen LogP contribution in [0.25, 0.3) is 5.57 Å². The predicted molar refractivity (Wildman–Crippen MR) is 96.1 cm³/mol. The molecule has 0 spiro atoms. The molecule has 1 aromatic rings. The van der Waals surface area contributed by atoms with Gasteiger partial charge in [-0.1, -0.05) is 17.7 Å². The predicted octanol–water partition coefficient (Wildman–Crippen LogP) is 4.26. The Morgan fingerprint density at radius 3 is 2.83 bits per heavy atom. The lowest BCUT2D eigenvalue weighted by atomic mass is 9.94. The van der Waals surface area contributed by atoms with E-state index in [1.54, 1.807) is 0 Å². The molecule has 1 amide bonds. The number of hydrogen-bond donors (Lipinski definition) is 1. The summed E-state index contributed by atoms with van der Waals surface area (Å²) in [5, 5.41) is 2.90. The molecule has 1 N–H and O–H groups in total. The van der Waals surface area contributed by atoms with Crippen LogP contribution < -0.4 is 5.32 Å². The Morgan fingerprint density at radius 2 is 2.04 bits per heavy atom. The zero-order valence-corrected chi connectivity index (χ0v) is 14.3. The maximum absolute atomic E-state index is 12.7. The molecule has 2 aliphatic carbocycles. The van der Waals surface area contributed by atoms with Gasteiger partial charge in [0.2, 0.25) is 0 Å². The van der Waals surface area contributed by atoms with E-state index >= 15 is 0 Å². The first-order valence-corrected chi connectivity index (χ1v) is 9.18.